The largest absolute Gasteiger partial charge is 0.481 e. The van der Waals surface area contributed by atoms with Gasteiger partial charge < -0.3 is 5.11 Å². The molecule has 0 spiro atoms. The minimum absolute atomic E-state index is 0.204. The van der Waals surface area contributed by atoms with Crippen LogP contribution in [0.3, 0.4) is 0 Å². The van der Waals surface area contributed by atoms with E-state index in [9.17, 15) is 9.90 Å². The van der Waals surface area contributed by atoms with Crippen LogP contribution in [0.5, 0.6) is 0 Å². The molecular weight excluding hydrogens is 442 g/mol. The highest BCUT2D eigenvalue weighted by atomic mass is 31.2. The summed E-state index contributed by atoms with van der Waals surface area (Å²) in [6.45, 7) is 0. The number of carboxylic acids is 1. The third-order valence-electron chi connectivity index (χ3n) is 5.59. The van der Waals surface area contributed by atoms with Crippen molar-refractivity contribution >= 4 is 43.0 Å². The summed E-state index contributed by atoms with van der Waals surface area (Å²) in [5.74, 6) is -0.721. The van der Waals surface area contributed by atoms with Crippen molar-refractivity contribution in [3.63, 3.8) is 0 Å². The van der Waals surface area contributed by atoms with Gasteiger partial charge in [-0.1, -0.05) is 121 Å². The predicted octanol–water partition coefficient (Wildman–Crippen LogP) is 5.83. The molecule has 0 aliphatic heterocycles. The predicted molar refractivity (Wildman–Crippen MR) is 143 cm³/mol. The van der Waals surface area contributed by atoms with E-state index in [-0.39, 0.29) is 6.42 Å². The molecule has 33 heavy (non-hydrogen) atoms. The fourth-order valence-corrected chi connectivity index (χ4v) is 11.5. The third kappa shape index (κ3) is 6.17. The maximum atomic E-state index is 11.4. The highest BCUT2D eigenvalue weighted by molar-refractivity contribution is 7.89. The Hall–Kier alpha value is -2.79. The molecule has 0 heterocycles. The molecule has 0 aromatic heterocycles. The first-order valence-corrected chi connectivity index (χ1v) is 14.1. The molecule has 0 fully saturated rings. The third-order valence-corrected chi connectivity index (χ3v) is 12.1. The average Bonchev–Trinajstić information content (AvgIpc) is 2.87. The van der Waals surface area contributed by atoms with E-state index in [1.165, 1.54) is 21.2 Å². The molecule has 0 bridgehead atoms. The zero-order valence-electron chi connectivity index (χ0n) is 18.5. The van der Waals surface area contributed by atoms with Gasteiger partial charge in [-0.25, -0.2) is 0 Å². The molecule has 0 radical (unpaired) electrons. The summed E-state index contributed by atoms with van der Waals surface area (Å²) in [4.78, 5) is 11.4. The van der Waals surface area contributed by atoms with Crippen LogP contribution in [0, 0.1) is 0 Å². The van der Waals surface area contributed by atoms with Gasteiger partial charge in [0.25, 0.3) is 0 Å². The Morgan fingerprint density at radius 1 is 0.576 bits per heavy atom. The SMILES string of the molecule is O=C(O)CCCC(P(c1ccccc1)c1ccccc1)P(c1ccccc1)c1ccccc1. The zero-order valence-corrected chi connectivity index (χ0v) is 20.3. The van der Waals surface area contributed by atoms with E-state index >= 15 is 0 Å². The minimum Gasteiger partial charge on any atom is -0.481 e. The van der Waals surface area contributed by atoms with Gasteiger partial charge in [0.05, 0.1) is 0 Å². The van der Waals surface area contributed by atoms with Gasteiger partial charge in [-0.2, -0.15) is 0 Å². The molecule has 0 aliphatic carbocycles. The highest BCUT2D eigenvalue weighted by Gasteiger charge is 2.33. The van der Waals surface area contributed by atoms with E-state index in [1.54, 1.807) is 0 Å². The standard InChI is InChI=1S/C29H28O2P2/c30-28(31)22-13-23-29(32(24-14-5-1-6-15-24)25-16-7-2-8-17-25)33(26-18-9-3-10-19-26)27-20-11-4-12-21-27/h1-12,14-21,29H,13,22-23H2,(H,30,31). The van der Waals surface area contributed by atoms with Gasteiger partial charge in [-0.3, -0.25) is 4.79 Å². The maximum absolute atomic E-state index is 11.4. The van der Waals surface area contributed by atoms with Crippen molar-refractivity contribution in [2.45, 2.75) is 24.7 Å². The van der Waals surface area contributed by atoms with Crippen molar-refractivity contribution < 1.29 is 9.90 Å². The van der Waals surface area contributed by atoms with Crippen molar-refractivity contribution in [2.75, 3.05) is 0 Å². The van der Waals surface area contributed by atoms with E-state index in [2.05, 4.69) is 121 Å². The highest BCUT2D eigenvalue weighted by Crippen LogP contribution is 2.58. The van der Waals surface area contributed by atoms with Gasteiger partial charge in [0.2, 0.25) is 0 Å². The molecule has 0 saturated heterocycles. The van der Waals surface area contributed by atoms with E-state index < -0.39 is 21.8 Å². The molecule has 0 aliphatic rings. The first kappa shape index (κ1) is 23.4. The summed E-state index contributed by atoms with van der Waals surface area (Å²) in [7, 11) is -1.39. The number of rotatable bonds is 10. The number of carbonyl (C=O) groups is 1. The Morgan fingerprint density at radius 3 is 1.15 bits per heavy atom. The van der Waals surface area contributed by atoms with Crippen LogP contribution in [-0.4, -0.2) is 16.5 Å². The smallest absolute Gasteiger partial charge is 0.303 e. The minimum atomic E-state index is -0.721. The van der Waals surface area contributed by atoms with Gasteiger partial charge in [-0.15, -0.1) is 0 Å². The fraction of sp³-hybridized carbons (Fsp3) is 0.138. The van der Waals surface area contributed by atoms with Gasteiger partial charge in [0.1, 0.15) is 0 Å². The molecule has 1 N–H and O–H groups in total. The van der Waals surface area contributed by atoms with Crippen molar-refractivity contribution in [2.24, 2.45) is 0 Å². The Kier molecular flexibility index (Phi) is 8.42. The molecule has 0 amide bonds. The molecular formula is C29H28O2P2. The molecule has 2 nitrogen and oxygen atoms in total. The first-order valence-electron chi connectivity index (χ1n) is 11.2. The lowest BCUT2D eigenvalue weighted by Crippen LogP contribution is -2.27. The van der Waals surface area contributed by atoms with Crippen LogP contribution >= 0.6 is 15.8 Å². The number of aliphatic carboxylic acids is 1. The lowest BCUT2D eigenvalue weighted by atomic mass is 10.2. The lowest BCUT2D eigenvalue weighted by molar-refractivity contribution is -0.137. The van der Waals surface area contributed by atoms with Crippen LogP contribution in [-0.2, 0) is 4.79 Å². The second-order valence-electron chi connectivity index (χ2n) is 7.85. The Labute approximate surface area is 198 Å². The average molecular weight is 470 g/mol. The molecule has 0 unspecified atom stereocenters. The molecule has 0 saturated carbocycles. The summed E-state index contributed by atoms with van der Waals surface area (Å²) in [5, 5.41) is 15.1. The molecule has 4 rings (SSSR count). The van der Waals surface area contributed by atoms with Crippen molar-refractivity contribution in [1.82, 2.24) is 0 Å². The Bertz CT molecular complexity index is 957. The normalized spacial score (nSPS) is 11.2. The van der Waals surface area contributed by atoms with Crippen LogP contribution in [0.1, 0.15) is 19.3 Å². The summed E-state index contributed by atoms with van der Waals surface area (Å²) in [6, 6.07) is 43.2. The lowest BCUT2D eigenvalue weighted by Gasteiger charge is -2.36. The quantitative estimate of drug-likeness (QED) is 0.296. The van der Waals surface area contributed by atoms with Crippen molar-refractivity contribution in [1.29, 1.82) is 0 Å². The van der Waals surface area contributed by atoms with Gasteiger partial charge >= 0.3 is 5.97 Å². The zero-order chi connectivity index (χ0) is 22.9. The summed E-state index contributed by atoms with van der Waals surface area (Å²) < 4.78 is 0. The Balaban J connectivity index is 1.87. The van der Waals surface area contributed by atoms with E-state index in [4.69, 9.17) is 0 Å². The monoisotopic (exact) mass is 470 g/mol. The number of carboxylic acid groups (broad SMARTS) is 1. The van der Waals surface area contributed by atoms with Crippen LogP contribution in [0.4, 0.5) is 0 Å². The molecule has 0 atom stereocenters. The second-order valence-corrected chi connectivity index (χ2v) is 13.0. The van der Waals surface area contributed by atoms with Gasteiger partial charge in [-0.05, 0) is 49.9 Å². The molecule has 4 heteroatoms. The molecule has 4 aromatic carbocycles. The summed E-state index contributed by atoms with van der Waals surface area (Å²) in [5.41, 5.74) is 0. The van der Waals surface area contributed by atoms with Crippen LogP contribution in [0.2, 0.25) is 0 Å². The van der Waals surface area contributed by atoms with Crippen LogP contribution < -0.4 is 21.2 Å². The van der Waals surface area contributed by atoms with Crippen molar-refractivity contribution in [3.05, 3.63) is 121 Å². The van der Waals surface area contributed by atoms with Crippen LogP contribution in [0.25, 0.3) is 0 Å². The number of hydrogen-bond donors (Lipinski definition) is 1. The fourth-order valence-electron chi connectivity index (χ4n) is 4.15. The Morgan fingerprint density at radius 2 is 0.879 bits per heavy atom. The molecule has 4 aromatic rings. The summed E-state index contributed by atoms with van der Waals surface area (Å²) in [6.07, 6.45) is 1.75. The second kappa shape index (κ2) is 11.9. The van der Waals surface area contributed by atoms with E-state index in [0.717, 1.165) is 6.42 Å². The first-order chi connectivity index (χ1) is 16.2. The van der Waals surface area contributed by atoms with E-state index in [0.29, 0.717) is 11.8 Å². The number of hydrogen-bond acceptors (Lipinski definition) is 1. The van der Waals surface area contributed by atoms with Crippen LogP contribution in [0.15, 0.2) is 121 Å². The van der Waals surface area contributed by atoms with E-state index in [1.807, 2.05) is 0 Å². The van der Waals surface area contributed by atoms with Gasteiger partial charge in [0.15, 0.2) is 0 Å². The summed E-state index contributed by atoms with van der Waals surface area (Å²) >= 11 is 0. The van der Waals surface area contributed by atoms with Crippen molar-refractivity contribution in [3.8, 4) is 0 Å². The topological polar surface area (TPSA) is 37.3 Å². The maximum Gasteiger partial charge on any atom is 0.303 e. The number of benzene rings is 4. The van der Waals surface area contributed by atoms with Gasteiger partial charge in [0, 0.05) is 11.8 Å². The molecule has 166 valence electrons.